The molecule has 2 amide bonds. The predicted molar refractivity (Wildman–Crippen MR) is 90.1 cm³/mol. The Labute approximate surface area is 140 Å². The normalized spacial score (nSPS) is 14.3. The minimum atomic E-state index is -0.287. The van der Waals surface area contributed by atoms with E-state index < -0.39 is 0 Å². The Kier molecular flexibility index (Phi) is 4.86. The topological polar surface area (TPSA) is 71.5 Å². The number of aromatic nitrogens is 1. The molecule has 2 heterocycles. The van der Waals surface area contributed by atoms with Crippen molar-refractivity contribution in [1.29, 1.82) is 0 Å². The first-order valence-corrected chi connectivity index (χ1v) is 7.85. The molecule has 0 atom stereocenters. The summed E-state index contributed by atoms with van der Waals surface area (Å²) < 4.78 is 5.28. The van der Waals surface area contributed by atoms with Gasteiger partial charge >= 0.3 is 0 Å². The number of rotatable bonds is 3. The molecule has 0 aliphatic carbocycles. The Morgan fingerprint density at radius 2 is 1.88 bits per heavy atom. The molecule has 6 nitrogen and oxygen atoms in total. The molecule has 6 heteroatoms. The van der Waals surface area contributed by atoms with E-state index >= 15 is 0 Å². The smallest absolute Gasteiger partial charge is 0.257 e. The number of anilines is 1. The van der Waals surface area contributed by atoms with Crippen molar-refractivity contribution < 1.29 is 14.3 Å². The molecule has 1 saturated heterocycles. The van der Waals surface area contributed by atoms with Crippen molar-refractivity contribution in [3.8, 4) is 0 Å². The average Bonchev–Trinajstić information content (AvgIpc) is 2.63. The average molecular weight is 325 g/mol. The number of ether oxygens (including phenoxy) is 1. The summed E-state index contributed by atoms with van der Waals surface area (Å²) in [6, 6.07) is 10.5. The van der Waals surface area contributed by atoms with Crippen LogP contribution in [0.5, 0.6) is 0 Å². The first-order valence-electron chi connectivity index (χ1n) is 7.85. The van der Waals surface area contributed by atoms with Crippen molar-refractivity contribution in [3.63, 3.8) is 0 Å². The Morgan fingerprint density at radius 3 is 2.58 bits per heavy atom. The van der Waals surface area contributed by atoms with E-state index in [1.807, 2.05) is 6.92 Å². The summed E-state index contributed by atoms with van der Waals surface area (Å²) in [6.07, 6.45) is 1.52. The molecule has 1 aliphatic rings. The van der Waals surface area contributed by atoms with Crippen molar-refractivity contribution >= 4 is 17.5 Å². The van der Waals surface area contributed by atoms with Crippen molar-refractivity contribution in [2.45, 2.75) is 6.92 Å². The summed E-state index contributed by atoms with van der Waals surface area (Å²) in [6.45, 7) is 4.05. The monoisotopic (exact) mass is 325 g/mol. The van der Waals surface area contributed by atoms with Gasteiger partial charge in [-0.25, -0.2) is 0 Å². The van der Waals surface area contributed by atoms with E-state index in [4.69, 9.17) is 4.74 Å². The second kappa shape index (κ2) is 7.23. The first-order chi connectivity index (χ1) is 11.6. The van der Waals surface area contributed by atoms with Crippen LogP contribution in [0.4, 0.5) is 5.69 Å². The largest absolute Gasteiger partial charge is 0.378 e. The number of amides is 2. The number of carbonyl (C=O) groups excluding carboxylic acids is 2. The van der Waals surface area contributed by atoms with Gasteiger partial charge in [-0.2, -0.15) is 0 Å². The third kappa shape index (κ3) is 3.60. The summed E-state index contributed by atoms with van der Waals surface area (Å²) >= 11 is 0. The summed E-state index contributed by atoms with van der Waals surface area (Å²) in [5.74, 6) is -0.388. The number of carbonyl (C=O) groups is 2. The Balaban J connectivity index is 1.79. The number of hydrogen-bond donors (Lipinski definition) is 1. The SMILES string of the molecule is Cc1ccc(C(=O)Nc2ccccc2C(=O)N2CCOCC2)cn1. The number of aryl methyl sites for hydroxylation is 1. The molecular formula is C18H19N3O3. The maximum absolute atomic E-state index is 12.7. The highest BCUT2D eigenvalue weighted by molar-refractivity contribution is 6.08. The predicted octanol–water partition coefficient (Wildman–Crippen LogP) is 2.11. The number of benzene rings is 1. The molecule has 24 heavy (non-hydrogen) atoms. The van der Waals surface area contributed by atoms with Gasteiger partial charge in [0.25, 0.3) is 11.8 Å². The maximum Gasteiger partial charge on any atom is 0.257 e. The van der Waals surface area contributed by atoms with Crippen molar-refractivity contribution in [3.05, 3.63) is 59.4 Å². The lowest BCUT2D eigenvalue weighted by atomic mass is 10.1. The zero-order valence-electron chi connectivity index (χ0n) is 13.5. The van der Waals surface area contributed by atoms with E-state index in [9.17, 15) is 9.59 Å². The summed E-state index contributed by atoms with van der Waals surface area (Å²) in [4.78, 5) is 30.9. The van der Waals surface area contributed by atoms with E-state index in [0.717, 1.165) is 5.69 Å². The number of nitrogens with zero attached hydrogens (tertiary/aromatic N) is 2. The zero-order valence-corrected chi connectivity index (χ0v) is 13.5. The van der Waals surface area contributed by atoms with Crippen molar-refractivity contribution in [1.82, 2.24) is 9.88 Å². The van der Waals surface area contributed by atoms with Crippen molar-refractivity contribution in [2.75, 3.05) is 31.6 Å². The highest BCUT2D eigenvalue weighted by Gasteiger charge is 2.21. The van der Waals surface area contributed by atoms with E-state index in [1.54, 1.807) is 41.3 Å². The Morgan fingerprint density at radius 1 is 1.12 bits per heavy atom. The molecule has 0 radical (unpaired) electrons. The molecule has 0 saturated carbocycles. The maximum atomic E-state index is 12.7. The van der Waals surface area contributed by atoms with Crippen LogP contribution in [0.25, 0.3) is 0 Å². The lowest BCUT2D eigenvalue weighted by Gasteiger charge is -2.27. The van der Waals surface area contributed by atoms with Crippen LogP contribution in [0.3, 0.4) is 0 Å². The van der Waals surface area contributed by atoms with E-state index in [0.29, 0.717) is 43.1 Å². The molecule has 0 unspecified atom stereocenters. The molecule has 1 aromatic heterocycles. The highest BCUT2D eigenvalue weighted by atomic mass is 16.5. The zero-order chi connectivity index (χ0) is 16.9. The van der Waals surface area contributed by atoms with Crippen LogP contribution in [0.2, 0.25) is 0 Å². The minimum Gasteiger partial charge on any atom is -0.378 e. The van der Waals surface area contributed by atoms with Crippen LogP contribution < -0.4 is 5.32 Å². The van der Waals surface area contributed by atoms with Gasteiger partial charge < -0.3 is 15.0 Å². The summed E-state index contributed by atoms with van der Waals surface area (Å²) in [5, 5.41) is 2.81. The fourth-order valence-corrected chi connectivity index (χ4v) is 2.51. The van der Waals surface area contributed by atoms with Gasteiger partial charge in [0.1, 0.15) is 0 Å². The minimum absolute atomic E-state index is 0.101. The molecule has 1 aliphatic heterocycles. The van der Waals surface area contributed by atoms with Gasteiger partial charge in [0.15, 0.2) is 0 Å². The molecular weight excluding hydrogens is 306 g/mol. The van der Waals surface area contributed by atoms with Crippen LogP contribution in [0, 0.1) is 6.92 Å². The fraction of sp³-hybridized carbons (Fsp3) is 0.278. The molecule has 1 aromatic carbocycles. The van der Waals surface area contributed by atoms with Crippen molar-refractivity contribution in [2.24, 2.45) is 0 Å². The van der Waals surface area contributed by atoms with Crippen LogP contribution in [0.15, 0.2) is 42.6 Å². The Hall–Kier alpha value is -2.73. The Bertz CT molecular complexity index is 737. The molecule has 0 bridgehead atoms. The number of pyridine rings is 1. The van der Waals surface area contributed by atoms with E-state index in [-0.39, 0.29) is 11.8 Å². The molecule has 3 rings (SSSR count). The third-order valence-corrected chi connectivity index (χ3v) is 3.88. The number of hydrogen-bond acceptors (Lipinski definition) is 4. The van der Waals surface area contributed by atoms with Crippen LogP contribution in [-0.2, 0) is 4.74 Å². The van der Waals surface area contributed by atoms with Gasteiger partial charge in [-0.05, 0) is 31.2 Å². The summed E-state index contributed by atoms with van der Waals surface area (Å²) in [7, 11) is 0. The number of nitrogens with one attached hydrogen (secondary N) is 1. The third-order valence-electron chi connectivity index (χ3n) is 3.88. The van der Waals surface area contributed by atoms with Crippen LogP contribution in [0.1, 0.15) is 26.4 Å². The highest BCUT2D eigenvalue weighted by Crippen LogP contribution is 2.19. The molecule has 0 spiro atoms. The lowest BCUT2D eigenvalue weighted by Crippen LogP contribution is -2.41. The molecule has 2 aromatic rings. The van der Waals surface area contributed by atoms with Crippen LogP contribution >= 0.6 is 0 Å². The second-order valence-corrected chi connectivity index (χ2v) is 5.59. The van der Waals surface area contributed by atoms with E-state index in [1.165, 1.54) is 6.20 Å². The lowest BCUT2D eigenvalue weighted by molar-refractivity contribution is 0.0303. The molecule has 1 N–H and O–H groups in total. The van der Waals surface area contributed by atoms with Gasteiger partial charge in [-0.1, -0.05) is 12.1 Å². The van der Waals surface area contributed by atoms with Gasteiger partial charge in [0, 0.05) is 25.0 Å². The summed E-state index contributed by atoms with van der Waals surface area (Å²) in [5.41, 5.74) is 2.27. The number of morpholine rings is 1. The molecule has 1 fully saturated rings. The van der Waals surface area contributed by atoms with Gasteiger partial charge in [0.2, 0.25) is 0 Å². The fourth-order valence-electron chi connectivity index (χ4n) is 2.51. The number of para-hydroxylation sites is 1. The standard InChI is InChI=1S/C18H19N3O3/c1-13-6-7-14(12-19-13)17(22)20-16-5-3-2-4-15(16)18(23)21-8-10-24-11-9-21/h2-7,12H,8-11H2,1H3,(H,20,22). The second-order valence-electron chi connectivity index (χ2n) is 5.59. The van der Waals surface area contributed by atoms with Gasteiger partial charge in [-0.3, -0.25) is 14.6 Å². The van der Waals surface area contributed by atoms with Gasteiger partial charge in [-0.15, -0.1) is 0 Å². The van der Waals surface area contributed by atoms with Gasteiger partial charge in [0.05, 0.1) is 30.0 Å². The molecule has 124 valence electrons. The first kappa shape index (κ1) is 16.1. The van der Waals surface area contributed by atoms with E-state index in [2.05, 4.69) is 10.3 Å². The van der Waals surface area contributed by atoms with Crippen LogP contribution in [-0.4, -0.2) is 48.0 Å². The quantitative estimate of drug-likeness (QED) is 0.938.